The van der Waals surface area contributed by atoms with E-state index in [0.717, 1.165) is 0 Å². The molecule has 2 heterocycles. The van der Waals surface area contributed by atoms with Crippen molar-refractivity contribution in [3.8, 4) is 0 Å². The highest BCUT2D eigenvalue weighted by molar-refractivity contribution is 7.99. The Morgan fingerprint density at radius 1 is 1.06 bits per heavy atom. The molecule has 162 valence electrons. The van der Waals surface area contributed by atoms with Crippen LogP contribution >= 0.6 is 23.1 Å². The minimum Gasteiger partial charge on any atom is -0.325 e. The van der Waals surface area contributed by atoms with Gasteiger partial charge in [-0.15, -0.1) is 23.1 Å². The fourth-order valence-electron chi connectivity index (χ4n) is 2.91. The number of hydrogen-bond donors (Lipinski definition) is 2. The topological polar surface area (TPSA) is 92.6 Å². The molecule has 0 radical (unpaired) electrons. The minimum absolute atomic E-state index is 0.148. The first-order chi connectivity index (χ1) is 15.5. The predicted octanol–water partition coefficient (Wildman–Crippen LogP) is 4.02. The van der Waals surface area contributed by atoms with E-state index < -0.39 is 11.7 Å². The lowest BCUT2D eigenvalue weighted by Crippen LogP contribution is -2.16. The maximum absolute atomic E-state index is 13.3. The molecule has 0 fully saturated rings. The van der Waals surface area contributed by atoms with Crippen molar-refractivity contribution in [1.82, 2.24) is 9.38 Å². The maximum atomic E-state index is 13.3. The molecule has 0 saturated carbocycles. The maximum Gasteiger partial charge on any atom is 0.258 e. The highest BCUT2D eigenvalue weighted by Crippen LogP contribution is 2.16. The van der Waals surface area contributed by atoms with Crippen molar-refractivity contribution in [3.05, 3.63) is 93.6 Å². The van der Waals surface area contributed by atoms with E-state index in [-0.39, 0.29) is 17.2 Å². The fraction of sp³-hybridized carbons (Fsp3) is 0.0909. The largest absolute Gasteiger partial charge is 0.325 e. The molecule has 32 heavy (non-hydrogen) atoms. The molecule has 7 nitrogen and oxygen atoms in total. The molecule has 0 bridgehead atoms. The molecule has 0 aliphatic heterocycles. The quantitative estimate of drug-likeness (QED) is 0.427. The van der Waals surface area contributed by atoms with Crippen LogP contribution in [0.25, 0.3) is 4.96 Å². The molecule has 2 aromatic carbocycles. The summed E-state index contributed by atoms with van der Waals surface area (Å²) < 4.78 is 14.8. The van der Waals surface area contributed by atoms with Gasteiger partial charge in [-0.2, -0.15) is 0 Å². The number of halogens is 1. The van der Waals surface area contributed by atoms with Gasteiger partial charge >= 0.3 is 0 Å². The van der Waals surface area contributed by atoms with E-state index in [1.165, 1.54) is 51.8 Å². The van der Waals surface area contributed by atoms with Crippen molar-refractivity contribution < 1.29 is 14.0 Å². The third-order valence-electron chi connectivity index (χ3n) is 4.33. The Balaban J connectivity index is 1.32. The molecule has 4 rings (SSSR count). The van der Waals surface area contributed by atoms with E-state index in [4.69, 9.17) is 0 Å². The van der Waals surface area contributed by atoms with Gasteiger partial charge in [0.25, 0.3) is 11.5 Å². The summed E-state index contributed by atoms with van der Waals surface area (Å²) in [5.74, 6) is -0.524. The van der Waals surface area contributed by atoms with Gasteiger partial charge in [0, 0.05) is 40.3 Å². The van der Waals surface area contributed by atoms with Crippen molar-refractivity contribution in [2.24, 2.45) is 0 Å². The molecular weight excluding hydrogens is 451 g/mol. The second kappa shape index (κ2) is 9.75. The molecule has 10 heteroatoms. The number of anilines is 2. The molecular formula is C22H17FN4O3S2. The van der Waals surface area contributed by atoms with Gasteiger partial charge < -0.3 is 10.6 Å². The third kappa shape index (κ3) is 5.40. The number of benzene rings is 2. The number of thioether (sulfide) groups is 1. The summed E-state index contributed by atoms with van der Waals surface area (Å²) in [6.07, 6.45) is 1.67. The van der Waals surface area contributed by atoms with E-state index >= 15 is 0 Å². The van der Waals surface area contributed by atoms with Crippen LogP contribution in [0.2, 0.25) is 0 Å². The average molecular weight is 469 g/mol. The third-order valence-corrected chi connectivity index (χ3v) is 6.05. The molecule has 0 saturated heterocycles. The highest BCUT2D eigenvalue weighted by Gasteiger charge is 2.10. The number of rotatable bonds is 7. The van der Waals surface area contributed by atoms with Crippen LogP contribution in [0.3, 0.4) is 0 Å². The zero-order valence-corrected chi connectivity index (χ0v) is 18.2. The summed E-state index contributed by atoms with van der Waals surface area (Å²) in [6.45, 7) is 0. The number of nitrogens with one attached hydrogen (secondary N) is 2. The van der Waals surface area contributed by atoms with Crippen LogP contribution in [0.1, 0.15) is 16.1 Å². The lowest BCUT2D eigenvalue weighted by molar-refractivity contribution is -0.113. The van der Waals surface area contributed by atoms with E-state index in [9.17, 15) is 18.8 Å². The Bertz CT molecular complexity index is 1350. The lowest BCUT2D eigenvalue weighted by atomic mass is 10.2. The summed E-state index contributed by atoms with van der Waals surface area (Å²) in [5, 5.41) is 7.16. The van der Waals surface area contributed by atoms with Crippen LogP contribution in [0.5, 0.6) is 0 Å². The van der Waals surface area contributed by atoms with Crippen molar-refractivity contribution >= 4 is 51.2 Å². The second-order valence-electron chi connectivity index (χ2n) is 6.73. The van der Waals surface area contributed by atoms with Gasteiger partial charge in [0.1, 0.15) is 5.82 Å². The molecule has 2 N–H and O–H groups in total. The number of carbonyl (C=O) groups is 2. The molecule has 2 aromatic heterocycles. The number of fused-ring (bicyclic) bond motifs is 1. The number of carbonyl (C=O) groups excluding carboxylic acids is 2. The summed E-state index contributed by atoms with van der Waals surface area (Å²) >= 11 is 2.71. The first kappa shape index (κ1) is 21.7. The number of amides is 2. The van der Waals surface area contributed by atoms with Gasteiger partial charge in [0.05, 0.1) is 11.4 Å². The van der Waals surface area contributed by atoms with Crippen LogP contribution in [0, 0.1) is 5.82 Å². The van der Waals surface area contributed by atoms with Crippen molar-refractivity contribution in [1.29, 1.82) is 0 Å². The predicted molar refractivity (Wildman–Crippen MR) is 125 cm³/mol. The highest BCUT2D eigenvalue weighted by atomic mass is 32.2. The number of aromatic nitrogens is 2. The first-order valence-electron chi connectivity index (χ1n) is 9.48. The van der Waals surface area contributed by atoms with E-state index in [0.29, 0.717) is 33.3 Å². The van der Waals surface area contributed by atoms with Gasteiger partial charge in [-0.1, -0.05) is 12.1 Å². The number of hydrogen-bond acceptors (Lipinski definition) is 6. The van der Waals surface area contributed by atoms with E-state index in [1.54, 1.807) is 41.9 Å². The normalized spacial score (nSPS) is 10.8. The molecule has 0 spiro atoms. The van der Waals surface area contributed by atoms with Gasteiger partial charge in [-0.25, -0.2) is 9.37 Å². The summed E-state index contributed by atoms with van der Waals surface area (Å²) in [4.78, 5) is 41.7. The fourth-order valence-corrected chi connectivity index (χ4v) is 4.37. The summed E-state index contributed by atoms with van der Waals surface area (Å²) in [7, 11) is 0. The van der Waals surface area contributed by atoms with Gasteiger partial charge in [0.15, 0.2) is 4.96 Å². The number of nitrogens with zero attached hydrogens (tertiary/aromatic N) is 2. The number of thiazole rings is 1. The lowest BCUT2D eigenvalue weighted by Gasteiger charge is -2.09. The Morgan fingerprint density at radius 2 is 1.84 bits per heavy atom. The van der Waals surface area contributed by atoms with E-state index in [1.807, 2.05) is 0 Å². The average Bonchev–Trinajstić information content (AvgIpc) is 3.23. The molecule has 2 amide bonds. The van der Waals surface area contributed by atoms with Crippen LogP contribution in [0.4, 0.5) is 15.8 Å². The summed E-state index contributed by atoms with van der Waals surface area (Å²) in [5.41, 5.74) is 1.61. The van der Waals surface area contributed by atoms with Gasteiger partial charge in [-0.05, 0) is 36.4 Å². The van der Waals surface area contributed by atoms with Crippen LogP contribution in [0.15, 0.2) is 71.0 Å². The smallest absolute Gasteiger partial charge is 0.258 e. The molecule has 0 aliphatic rings. The van der Waals surface area contributed by atoms with Gasteiger partial charge in [-0.3, -0.25) is 18.8 Å². The van der Waals surface area contributed by atoms with Crippen LogP contribution < -0.4 is 16.2 Å². The minimum atomic E-state index is -0.447. The van der Waals surface area contributed by atoms with Crippen LogP contribution in [-0.2, 0) is 10.5 Å². The van der Waals surface area contributed by atoms with Gasteiger partial charge in [0.2, 0.25) is 5.91 Å². The SMILES string of the molecule is O=C(CSCc1cc(=O)n2ccsc2n1)Nc1cccc(C(=O)Nc2cccc(F)c2)c1. The molecule has 0 unspecified atom stereocenters. The van der Waals surface area contributed by atoms with Crippen molar-refractivity contribution in [3.63, 3.8) is 0 Å². The standard InChI is InChI=1S/C22H17FN4O3S2/c23-15-4-2-6-17(10-15)25-21(30)14-3-1-5-16(9-14)24-19(28)13-31-12-18-11-20(29)27-7-8-32-22(27)26-18/h1-11H,12-13H2,(H,24,28)(H,25,30). The Kier molecular flexibility index (Phi) is 6.62. The zero-order chi connectivity index (χ0) is 22.5. The monoisotopic (exact) mass is 468 g/mol. The van der Waals surface area contributed by atoms with E-state index in [2.05, 4.69) is 15.6 Å². The Labute approximate surface area is 190 Å². The Hall–Kier alpha value is -3.50. The van der Waals surface area contributed by atoms with Crippen molar-refractivity contribution in [2.75, 3.05) is 16.4 Å². The molecule has 0 atom stereocenters. The van der Waals surface area contributed by atoms with Crippen LogP contribution in [-0.4, -0.2) is 27.0 Å². The van der Waals surface area contributed by atoms with Crippen molar-refractivity contribution in [2.45, 2.75) is 5.75 Å². The first-order valence-corrected chi connectivity index (χ1v) is 11.5. The summed E-state index contributed by atoms with van der Waals surface area (Å²) in [6, 6.07) is 13.5. The molecule has 4 aromatic rings. The second-order valence-corrected chi connectivity index (χ2v) is 8.59. The Morgan fingerprint density at radius 3 is 2.66 bits per heavy atom. The molecule has 0 aliphatic carbocycles. The zero-order valence-electron chi connectivity index (χ0n) is 16.6.